The molecule has 0 aliphatic carbocycles. The van der Waals surface area contributed by atoms with Gasteiger partial charge in [-0.15, -0.1) is 11.3 Å². The number of ether oxygens (including phenoxy) is 1. The fourth-order valence-corrected chi connectivity index (χ4v) is 2.14. The Balaban J connectivity index is 2.10. The van der Waals surface area contributed by atoms with Crippen LogP contribution in [-0.4, -0.2) is 33.6 Å². The van der Waals surface area contributed by atoms with Crippen molar-refractivity contribution in [2.75, 3.05) is 24.3 Å². The lowest BCUT2D eigenvalue weighted by Gasteiger charge is -2.08. The maximum absolute atomic E-state index is 5.05. The molecule has 0 saturated carbocycles. The van der Waals surface area contributed by atoms with Gasteiger partial charge in [0.25, 0.3) is 0 Å². The third kappa shape index (κ3) is 3.50. The molecule has 2 N–H and O–H groups in total. The van der Waals surface area contributed by atoms with E-state index in [4.69, 9.17) is 4.74 Å². The molecule has 0 aromatic carbocycles. The summed E-state index contributed by atoms with van der Waals surface area (Å²) in [5, 5.41) is 6.18. The molecule has 7 nitrogen and oxygen atoms in total. The highest BCUT2D eigenvalue weighted by atomic mass is 32.1. The summed E-state index contributed by atoms with van der Waals surface area (Å²) in [5.74, 6) is 0.980. The SMILES string of the molecule is CCNc1nc(NCc2scnc2C)nc(OC)n1. The zero-order chi connectivity index (χ0) is 13.7. The molecule has 0 radical (unpaired) electrons. The number of anilines is 2. The number of nitrogens with one attached hydrogen (secondary N) is 2. The van der Waals surface area contributed by atoms with Gasteiger partial charge in [-0.2, -0.15) is 15.0 Å². The van der Waals surface area contributed by atoms with Crippen molar-refractivity contribution in [1.29, 1.82) is 0 Å². The van der Waals surface area contributed by atoms with Crippen molar-refractivity contribution in [2.45, 2.75) is 20.4 Å². The average Bonchev–Trinajstić information content (AvgIpc) is 2.82. The monoisotopic (exact) mass is 280 g/mol. The Hall–Kier alpha value is -1.96. The molecule has 102 valence electrons. The molecule has 0 spiro atoms. The molecule has 0 atom stereocenters. The minimum atomic E-state index is 0.287. The first-order chi connectivity index (χ1) is 9.22. The molecule has 0 aliphatic rings. The summed E-state index contributed by atoms with van der Waals surface area (Å²) in [6.07, 6.45) is 0. The summed E-state index contributed by atoms with van der Waals surface area (Å²) in [4.78, 5) is 17.9. The van der Waals surface area contributed by atoms with Crippen LogP contribution in [0.1, 0.15) is 17.5 Å². The average molecular weight is 280 g/mol. The normalized spacial score (nSPS) is 10.3. The Morgan fingerprint density at radius 1 is 1.21 bits per heavy atom. The van der Waals surface area contributed by atoms with Gasteiger partial charge in [-0.1, -0.05) is 0 Å². The van der Waals surface area contributed by atoms with Crippen LogP contribution in [-0.2, 0) is 6.54 Å². The van der Waals surface area contributed by atoms with Crippen molar-refractivity contribution < 1.29 is 4.74 Å². The lowest BCUT2D eigenvalue weighted by Crippen LogP contribution is -2.09. The third-order valence-corrected chi connectivity index (χ3v) is 3.32. The lowest BCUT2D eigenvalue weighted by molar-refractivity contribution is 0.379. The van der Waals surface area contributed by atoms with E-state index in [1.54, 1.807) is 11.3 Å². The predicted molar refractivity (Wildman–Crippen MR) is 74.7 cm³/mol. The van der Waals surface area contributed by atoms with Crippen LogP contribution in [0.2, 0.25) is 0 Å². The molecule has 2 heterocycles. The summed E-state index contributed by atoms with van der Waals surface area (Å²) in [5.41, 5.74) is 2.84. The second-order valence-corrected chi connectivity index (χ2v) is 4.65. The molecule has 2 aromatic rings. The van der Waals surface area contributed by atoms with Crippen LogP contribution in [0.3, 0.4) is 0 Å². The van der Waals surface area contributed by atoms with Crippen molar-refractivity contribution in [3.05, 3.63) is 16.1 Å². The molecule has 0 bridgehead atoms. The van der Waals surface area contributed by atoms with Gasteiger partial charge in [0.2, 0.25) is 11.9 Å². The van der Waals surface area contributed by atoms with Crippen LogP contribution < -0.4 is 15.4 Å². The number of hydrogen-bond acceptors (Lipinski definition) is 8. The van der Waals surface area contributed by atoms with Crippen molar-refractivity contribution in [1.82, 2.24) is 19.9 Å². The van der Waals surface area contributed by atoms with Crippen molar-refractivity contribution >= 4 is 23.2 Å². The van der Waals surface area contributed by atoms with Gasteiger partial charge in [0.1, 0.15) is 0 Å². The van der Waals surface area contributed by atoms with Crippen LogP contribution in [0.15, 0.2) is 5.51 Å². The Morgan fingerprint density at radius 3 is 2.53 bits per heavy atom. The number of rotatable bonds is 6. The smallest absolute Gasteiger partial charge is 0.322 e. The van der Waals surface area contributed by atoms with E-state index in [0.29, 0.717) is 18.4 Å². The summed E-state index contributed by atoms with van der Waals surface area (Å²) >= 11 is 1.60. The van der Waals surface area contributed by atoms with Gasteiger partial charge < -0.3 is 15.4 Å². The largest absolute Gasteiger partial charge is 0.467 e. The van der Waals surface area contributed by atoms with Crippen LogP contribution in [0.25, 0.3) is 0 Å². The van der Waals surface area contributed by atoms with E-state index in [2.05, 4.69) is 30.6 Å². The molecule has 0 amide bonds. The fourth-order valence-electron chi connectivity index (χ4n) is 1.42. The second-order valence-electron chi connectivity index (χ2n) is 3.71. The summed E-state index contributed by atoms with van der Waals surface area (Å²) in [6.45, 7) is 5.32. The molecule has 0 saturated heterocycles. The molecule has 8 heteroatoms. The van der Waals surface area contributed by atoms with Gasteiger partial charge >= 0.3 is 6.01 Å². The van der Waals surface area contributed by atoms with Crippen LogP contribution in [0, 0.1) is 6.92 Å². The molecule has 0 aliphatic heterocycles. The number of hydrogen-bond donors (Lipinski definition) is 2. The Morgan fingerprint density at radius 2 is 1.95 bits per heavy atom. The predicted octanol–water partition coefficient (Wildman–Crippen LogP) is 1.69. The van der Waals surface area contributed by atoms with Crippen LogP contribution >= 0.6 is 11.3 Å². The minimum absolute atomic E-state index is 0.287. The number of aromatic nitrogens is 4. The number of nitrogens with zero attached hydrogens (tertiary/aromatic N) is 4. The van der Waals surface area contributed by atoms with Gasteiger partial charge in [-0.25, -0.2) is 4.98 Å². The zero-order valence-corrected chi connectivity index (χ0v) is 11.9. The maximum atomic E-state index is 5.05. The van der Waals surface area contributed by atoms with Crippen molar-refractivity contribution in [3.8, 4) is 6.01 Å². The molecule has 2 rings (SSSR count). The second kappa shape index (κ2) is 6.28. The maximum Gasteiger partial charge on any atom is 0.322 e. The number of thiazole rings is 1. The highest BCUT2D eigenvalue weighted by Crippen LogP contribution is 2.15. The van der Waals surface area contributed by atoms with E-state index in [1.165, 1.54) is 7.11 Å². The molecular weight excluding hydrogens is 264 g/mol. The third-order valence-electron chi connectivity index (χ3n) is 2.38. The van der Waals surface area contributed by atoms with E-state index in [0.717, 1.165) is 17.1 Å². The molecule has 2 aromatic heterocycles. The van der Waals surface area contributed by atoms with E-state index in [-0.39, 0.29) is 6.01 Å². The molecule has 0 unspecified atom stereocenters. The summed E-state index contributed by atoms with van der Waals surface area (Å²) in [7, 11) is 1.53. The topological polar surface area (TPSA) is 84.9 Å². The highest BCUT2D eigenvalue weighted by molar-refractivity contribution is 7.09. The highest BCUT2D eigenvalue weighted by Gasteiger charge is 2.07. The van der Waals surface area contributed by atoms with Gasteiger partial charge in [0.05, 0.1) is 24.9 Å². The van der Waals surface area contributed by atoms with E-state index in [9.17, 15) is 0 Å². The summed E-state index contributed by atoms with van der Waals surface area (Å²) < 4.78 is 5.05. The minimum Gasteiger partial charge on any atom is -0.467 e. The fraction of sp³-hybridized carbons (Fsp3) is 0.455. The van der Waals surface area contributed by atoms with Gasteiger partial charge in [0.15, 0.2) is 0 Å². The zero-order valence-electron chi connectivity index (χ0n) is 11.1. The first-order valence-electron chi connectivity index (χ1n) is 5.89. The standard InChI is InChI=1S/C11H16N6OS/c1-4-12-9-15-10(17-11(16-9)18-3)13-5-8-7(2)14-6-19-8/h6H,4-5H2,1-3H3,(H2,12,13,15,16,17). The first-order valence-corrected chi connectivity index (χ1v) is 6.77. The number of aryl methyl sites for hydroxylation is 1. The number of methoxy groups -OCH3 is 1. The summed E-state index contributed by atoms with van der Waals surface area (Å²) in [6, 6.07) is 0.287. The van der Waals surface area contributed by atoms with E-state index < -0.39 is 0 Å². The van der Waals surface area contributed by atoms with Crippen LogP contribution in [0.4, 0.5) is 11.9 Å². The Labute approximate surface area is 115 Å². The molecule has 19 heavy (non-hydrogen) atoms. The Kier molecular flexibility index (Phi) is 4.45. The van der Waals surface area contributed by atoms with Crippen LogP contribution in [0.5, 0.6) is 6.01 Å². The first kappa shape index (κ1) is 13.5. The Bertz CT molecular complexity index is 544. The van der Waals surface area contributed by atoms with Crippen molar-refractivity contribution in [3.63, 3.8) is 0 Å². The quantitative estimate of drug-likeness (QED) is 0.832. The van der Waals surface area contributed by atoms with E-state index in [1.807, 2.05) is 19.4 Å². The lowest BCUT2D eigenvalue weighted by atomic mass is 10.4. The van der Waals surface area contributed by atoms with Gasteiger partial charge in [0, 0.05) is 11.4 Å². The molecular formula is C11H16N6OS. The van der Waals surface area contributed by atoms with Gasteiger partial charge in [-0.05, 0) is 13.8 Å². The van der Waals surface area contributed by atoms with Crippen molar-refractivity contribution in [2.24, 2.45) is 0 Å². The molecule has 0 fully saturated rings. The van der Waals surface area contributed by atoms with E-state index >= 15 is 0 Å². The van der Waals surface area contributed by atoms with Gasteiger partial charge in [-0.3, -0.25) is 0 Å².